The van der Waals surface area contributed by atoms with Crippen LogP contribution < -0.4 is 15.4 Å². The minimum atomic E-state index is -0.366. The highest BCUT2D eigenvalue weighted by Gasteiger charge is 2.13. The van der Waals surface area contributed by atoms with Crippen molar-refractivity contribution >= 4 is 34.8 Å². The molecule has 0 unspecified atom stereocenters. The van der Waals surface area contributed by atoms with Crippen LogP contribution in [0.2, 0.25) is 5.02 Å². The maximum absolute atomic E-state index is 12.6. The largest absolute Gasteiger partial charge is 0.492 e. The lowest BCUT2D eigenvalue weighted by Crippen LogP contribution is -2.15. The molecule has 138 valence electrons. The van der Waals surface area contributed by atoms with Gasteiger partial charge in [-0.15, -0.1) is 0 Å². The second-order valence-electron chi connectivity index (χ2n) is 5.71. The molecule has 0 fully saturated rings. The number of amides is 1. The number of hydrogen-bond acceptors (Lipinski definition) is 5. The van der Waals surface area contributed by atoms with Gasteiger partial charge in [0.05, 0.1) is 23.0 Å². The van der Waals surface area contributed by atoms with Crippen LogP contribution in [0.3, 0.4) is 0 Å². The van der Waals surface area contributed by atoms with Crippen molar-refractivity contribution in [1.29, 1.82) is 0 Å². The van der Waals surface area contributed by atoms with Gasteiger partial charge >= 0.3 is 0 Å². The zero-order valence-electron chi connectivity index (χ0n) is 15.0. The van der Waals surface area contributed by atoms with Crippen molar-refractivity contribution in [3.05, 3.63) is 71.0 Å². The number of aromatic nitrogens is 2. The first-order valence-electron chi connectivity index (χ1n) is 8.47. The van der Waals surface area contributed by atoms with Gasteiger partial charge in [0.1, 0.15) is 11.4 Å². The predicted octanol–water partition coefficient (Wildman–Crippen LogP) is 4.83. The summed E-state index contributed by atoms with van der Waals surface area (Å²) < 4.78 is 5.60. The Balaban J connectivity index is 1.84. The highest BCUT2D eigenvalue weighted by molar-refractivity contribution is 6.33. The lowest BCUT2D eigenvalue weighted by atomic mass is 10.2. The normalized spacial score (nSPS) is 10.3. The average molecular weight is 383 g/mol. The summed E-state index contributed by atoms with van der Waals surface area (Å²) in [7, 11) is 0. The van der Waals surface area contributed by atoms with Gasteiger partial charge in [0.15, 0.2) is 0 Å². The van der Waals surface area contributed by atoms with Crippen molar-refractivity contribution in [1.82, 2.24) is 9.97 Å². The molecule has 2 aromatic carbocycles. The van der Waals surface area contributed by atoms with Crippen molar-refractivity contribution in [3.8, 4) is 5.75 Å². The first kappa shape index (κ1) is 18.7. The monoisotopic (exact) mass is 382 g/mol. The molecule has 0 radical (unpaired) electrons. The summed E-state index contributed by atoms with van der Waals surface area (Å²) in [5.74, 6) is 0.633. The summed E-state index contributed by atoms with van der Waals surface area (Å²) in [4.78, 5) is 21.3. The zero-order valence-corrected chi connectivity index (χ0v) is 15.7. The SMILES string of the molecule is CCOc1ccccc1Nc1nc(C)cc(C(=O)Nc2ccccc2Cl)n1. The second-order valence-corrected chi connectivity index (χ2v) is 6.11. The minimum Gasteiger partial charge on any atom is -0.492 e. The first-order chi connectivity index (χ1) is 13.1. The maximum Gasteiger partial charge on any atom is 0.274 e. The third-order valence-electron chi connectivity index (χ3n) is 3.64. The molecule has 0 saturated heterocycles. The fourth-order valence-corrected chi connectivity index (χ4v) is 2.64. The smallest absolute Gasteiger partial charge is 0.274 e. The summed E-state index contributed by atoms with van der Waals surface area (Å²) in [6, 6.07) is 16.1. The predicted molar refractivity (Wildman–Crippen MR) is 107 cm³/mol. The molecule has 1 heterocycles. The Labute approximate surface area is 162 Å². The Kier molecular flexibility index (Phi) is 5.88. The van der Waals surface area contributed by atoms with Gasteiger partial charge in [-0.2, -0.15) is 0 Å². The molecule has 0 atom stereocenters. The standard InChI is InChI=1S/C20H19ClN4O2/c1-3-27-18-11-7-6-10-16(18)24-20-22-13(2)12-17(25-20)19(26)23-15-9-5-4-8-14(15)21/h4-12H,3H2,1-2H3,(H,23,26)(H,22,24,25). The van der Waals surface area contributed by atoms with Crippen LogP contribution in [-0.2, 0) is 0 Å². The summed E-state index contributed by atoms with van der Waals surface area (Å²) >= 11 is 6.10. The first-order valence-corrected chi connectivity index (χ1v) is 8.85. The second kappa shape index (κ2) is 8.51. The number of aryl methyl sites for hydroxylation is 1. The van der Waals surface area contributed by atoms with E-state index < -0.39 is 0 Å². The van der Waals surface area contributed by atoms with E-state index in [-0.39, 0.29) is 11.6 Å². The van der Waals surface area contributed by atoms with Gasteiger partial charge in [-0.25, -0.2) is 9.97 Å². The van der Waals surface area contributed by atoms with E-state index in [9.17, 15) is 4.79 Å². The highest BCUT2D eigenvalue weighted by Crippen LogP contribution is 2.26. The number of nitrogens with zero attached hydrogens (tertiary/aromatic N) is 2. The van der Waals surface area contributed by atoms with Crippen molar-refractivity contribution in [3.63, 3.8) is 0 Å². The van der Waals surface area contributed by atoms with Crippen LogP contribution in [0.1, 0.15) is 23.1 Å². The third kappa shape index (κ3) is 4.74. The van der Waals surface area contributed by atoms with E-state index >= 15 is 0 Å². The molecular formula is C20H19ClN4O2. The molecule has 6 nitrogen and oxygen atoms in total. The molecule has 27 heavy (non-hydrogen) atoms. The summed E-state index contributed by atoms with van der Waals surface area (Å²) in [5.41, 5.74) is 2.14. The number of anilines is 3. The topological polar surface area (TPSA) is 76.1 Å². The third-order valence-corrected chi connectivity index (χ3v) is 3.97. The minimum absolute atomic E-state index is 0.235. The van der Waals surface area contributed by atoms with Crippen LogP contribution in [0.15, 0.2) is 54.6 Å². The summed E-state index contributed by atoms with van der Waals surface area (Å²) in [5, 5.41) is 6.34. The van der Waals surface area contributed by atoms with Crippen molar-refractivity contribution in [2.75, 3.05) is 17.2 Å². The van der Waals surface area contributed by atoms with Crippen LogP contribution in [-0.4, -0.2) is 22.5 Å². The van der Waals surface area contributed by atoms with Gasteiger partial charge in [-0.1, -0.05) is 35.9 Å². The molecular weight excluding hydrogens is 364 g/mol. The number of hydrogen-bond donors (Lipinski definition) is 2. The number of halogens is 1. The molecule has 3 aromatic rings. The van der Waals surface area contributed by atoms with Crippen LogP contribution in [0.25, 0.3) is 0 Å². The van der Waals surface area contributed by atoms with Gasteiger partial charge in [0.25, 0.3) is 5.91 Å². The van der Waals surface area contributed by atoms with Crippen molar-refractivity contribution in [2.45, 2.75) is 13.8 Å². The molecule has 1 amide bonds. The van der Waals surface area contributed by atoms with Gasteiger partial charge < -0.3 is 15.4 Å². The molecule has 2 N–H and O–H groups in total. The Morgan fingerprint density at radius 3 is 2.52 bits per heavy atom. The number of benzene rings is 2. The van der Waals surface area contributed by atoms with E-state index in [0.29, 0.717) is 34.7 Å². The zero-order chi connectivity index (χ0) is 19.2. The lowest BCUT2D eigenvalue weighted by molar-refractivity contribution is 0.102. The van der Waals surface area contributed by atoms with E-state index in [1.165, 1.54) is 0 Å². The number of ether oxygens (including phenoxy) is 1. The van der Waals surface area contributed by atoms with Crippen LogP contribution >= 0.6 is 11.6 Å². The van der Waals surface area contributed by atoms with E-state index in [1.807, 2.05) is 31.2 Å². The van der Waals surface area contributed by atoms with Gasteiger partial charge in [-0.3, -0.25) is 4.79 Å². The number of carbonyl (C=O) groups is 1. The Bertz CT molecular complexity index is 962. The molecule has 0 aliphatic carbocycles. The fraction of sp³-hybridized carbons (Fsp3) is 0.150. The molecule has 0 spiro atoms. The number of para-hydroxylation sites is 3. The molecule has 7 heteroatoms. The Hall–Kier alpha value is -3.12. The van der Waals surface area contributed by atoms with Crippen LogP contribution in [0.4, 0.5) is 17.3 Å². The summed E-state index contributed by atoms with van der Waals surface area (Å²) in [6.45, 7) is 4.25. The van der Waals surface area contributed by atoms with Crippen molar-refractivity contribution < 1.29 is 9.53 Å². The molecule has 0 saturated carbocycles. The van der Waals surface area contributed by atoms with E-state index in [1.54, 1.807) is 37.3 Å². The average Bonchev–Trinajstić information content (AvgIpc) is 2.65. The Morgan fingerprint density at radius 1 is 1.07 bits per heavy atom. The van der Waals surface area contributed by atoms with Gasteiger partial charge in [0, 0.05) is 5.69 Å². The van der Waals surface area contributed by atoms with Crippen LogP contribution in [0, 0.1) is 6.92 Å². The summed E-state index contributed by atoms with van der Waals surface area (Å²) in [6.07, 6.45) is 0. The number of nitrogens with one attached hydrogen (secondary N) is 2. The highest BCUT2D eigenvalue weighted by atomic mass is 35.5. The van der Waals surface area contributed by atoms with Crippen molar-refractivity contribution in [2.24, 2.45) is 0 Å². The van der Waals surface area contributed by atoms with E-state index in [2.05, 4.69) is 20.6 Å². The van der Waals surface area contributed by atoms with Gasteiger partial charge in [0.2, 0.25) is 5.95 Å². The Morgan fingerprint density at radius 2 is 1.78 bits per heavy atom. The number of rotatable bonds is 6. The maximum atomic E-state index is 12.6. The molecule has 0 aliphatic rings. The van der Waals surface area contributed by atoms with Gasteiger partial charge in [-0.05, 0) is 44.2 Å². The lowest BCUT2D eigenvalue weighted by Gasteiger charge is -2.12. The molecule has 0 aliphatic heterocycles. The van der Waals surface area contributed by atoms with E-state index in [4.69, 9.17) is 16.3 Å². The molecule has 3 rings (SSSR count). The molecule has 0 bridgehead atoms. The number of carbonyl (C=O) groups excluding carboxylic acids is 1. The van der Waals surface area contributed by atoms with E-state index in [0.717, 1.165) is 5.69 Å². The fourth-order valence-electron chi connectivity index (χ4n) is 2.46. The van der Waals surface area contributed by atoms with Crippen LogP contribution in [0.5, 0.6) is 5.75 Å². The quantitative estimate of drug-likeness (QED) is 0.638. The molecule has 1 aromatic heterocycles.